The van der Waals surface area contributed by atoms with Gasteiger partial charge in [-0.1, -0.05) is 30.3 Å². The standard InChI is InChI=1S/C29H29FN6O2/c30-25-19-31-29(34-28(25)32-23-8-11-26-27(18-23)38-17-16-37-26)33-22-6-9-24(10-7-22)36-14-12-35(13-15-36)20-21-4-2-1-3-5-21/h1-11,18-19H,12-17,20H2,(H2,31,32,33,34). The molecule has 6 rings (SSSR count). The molecule has 2 aliphatic rings. The number of halogens is 1. The van der Waals surface area contributed by atoms with E-state index in [0.717, 1.165) is 44.6 Å². The lowest BCUT2D eigenvalue weighted by atomic mass is 10.2. The lowest BCUT2D eigenvalue weighted by molar-refractivity contribution is 0.171. The first kappa shape index (κ1) is 24.0. The van der Waals surface area contributed by atoms with Gasteiger partial charge < -0.3 is 25.0 Å². The Morgan fingerprint density at radius 1 is 0.789 bits per heavy atom. The minimum atomic E-state index is -0.549. The number of anilines is 5. The highest BCUT2D eigenvalue weighted by Gasteiger charge is 2.18. The highest BCUT2D eigenvalue weighted by Crippen LogP contribution is 2.34. The lowest BCUT2D eigenvalue weighted by Gasteiger charge is -2.36. The molecule has 194 valence electrons. The van der Waals surface area contributed by atoms with Crippen molar-refractivity contribution in [3.05, 3.63) is 90.4 Å². The maximum atomic E-state index is 14.5. The maximum absolute atomic E-state index is 14.5. The van der Waals surface area contributed by atoms with Crippen LogP contribution in [0.2, 0.25) is 0 Å². The number of nitrogens with zero attached hydrogens (tertiary/aromatic N) is 4. The van der Waals surface area contributed by atoms with Crippen molar-refractivity contribution in [1.29, 1.82) is 0 Å². The molecule has 38 heavy (non-hydrogen) atoms. The molecule has 1 aromatic heterocycles. The van der Waals surface area contributed by atoms with Crippen molar-refractivity contribution in [2.24, 2.45) is 0 Å². The molecule has 3 aromatic carbocycles. The number of benzene rings is 3. The van der Waals surface area contributed by atoms with Gasteiger partial charge in [0.15, 0.2) is 23.1 Å². The fourth-order valence-electron chi connectivity index (χ4n) is 4.66. The van der Waals surface area contributed by atoms with E-state index in [0.29, 0.717) is 36.3 Å². The van der Waals surface area contributed by atoms with Crippen LogP contribution in [0, 0.1) is 5.82 Å². The first-order valence-corrected chi connectivity index (χ1v) is 12.8. The molecule has 0 spiro atoms. The van der Waals surface area contributed by atoms with E-state index in [1.54, 1.807) is 18.2 Å². The second-order valence-corrected chi connectivity index (χ2v) is 9.29. The van der Waals surface area contributed by atoms with Crippen molar-refractivity contribution >= 4 is 28.8 Å². The van der Waals surface area contributed by atoms with Crippen LogP contribution in [0.3, 0.4) is 0 Å². The van der Waals surface area contributed by atoms with E-state index < -0.39 is 5.82 Å². The van der Waals surface area contributed by atoms with Crippen molar-refractivity contribution in [3.8, 4) is 11.5 Å². The molecule has 2 N–H and O–H groups in total. The Hall–Kier alpha value is -4.37. The number of aromatic nitrogens is 2. The lowest BCUT2D eigenvalue weighted by Crippen LogP contribution is -2.45. The van der Waals surface area contributed by atoms with Crippen molar-refractivity contribution in [2.45, 2.75) is 6.54 Å². The van der Waals surface area contributed by atoms with Gasteiger partial charge in [0.25, 0.3) is 0 Å². The zero-order valence-electron chi connectivity index (χ0n) is 20.9. The molecule has 0 unspecified atom stereocenters. The predicted octanol–water partition coefficient (Wildman–Crippen LogP) is 5.20. The van der Waals surface area contributed by atoms with E-state index in [-0.39, 0.29) is 5.82 Å². The summed E-state index contributed by atoms with van der Waals surface area (Å²) in [6.07, 6.45) is 1.15. The largest absolute Gasteiger partial charge is 0.486 e. The van der Waals surface area contributed by atoms with E-state index in [9.17, 15) is 4.39 Å². The minimum absolute atomic E-state index is 0.0733. The molecule has 4 aromatic rings. The van der Waals surface area contributed by atoms with Crippen molar-refractivity contribution in [1.82, 2.24) is 14.9 Å². The van der Waals surface area contributed by atoms with E-state index in [2.05, 4.69) is 72.9 Å². The average Bonchev–Trinajstić information content (AvgIpc) is 2.96. The molecule has 1 fully saturated rings. The normalized spacial score (nSPS) is 15.2. The second-order valence-electron chi connectivity index (χ2n) is 9.29. The summed E-state index contributed by atoms with van der Waals surface area (Å²) in [7, 11) is 0. The average molecular weight is 513 g/mol. The van der Waals surface area contributed by atoms with Gasteiger partial charge in [0.2, 0.25) is 5.95 Å². The van der Waals surface area contributed by atoms with Crippen molar-refractivity contribution in [3.63, 3.8) is 0 Å². The van der Waals surface area contributed by atoms with Crippen LogP contribution in [0.25, 0.3) is 0 Å². The van der Waals surface area contributed by atoms with Crippen LogP contribution in [0.4, 0.5) is 33.2 Å². The fraction of sp³-hybridized carbons (Fsp3) is 0.241. The molecule has 0 aliphatic carbocycles. The predicted molar refractivity (Wildman–Crippen MR) is 146 cm³/mol. The first-order chi connectivity index (χ1) is 18.7. The molecule has 0 radical (unpaired) electrons. The Morgan fingerprint density at radius 3 is 2.32 bits per heavy atom. The maximum Gasteiger partial charge on any atom is 0.229 e. The van der Waals surface area contributed by atoms with Gasteiger partial charge >= 0.3 is 0 Å². The monoisotopic (exact) mass is 512 g/mol. The van der Waals surface area contributed by atoms with Crippen molar-refractivity contribution in [2.75, 3.05) is 54.9 Å². The molecule has 0 bridgehead atoms. The van der Waals surface area contributed by atoms with Crippen LogP contribution in [-0.2, 0) is 6.54 Å². The number of rotatable bonds is 7. The highest BCUT2D eigenvalue weighted by atomic mass is 19.1. The number of ether oxygens (including phenoxy) is 2. The zero-order chi connectivity index (χ0) is 25.7. The molecule has 8 nitrogen and oxygen atoms in total. The van der Waals surface area contributed by atoms with E-state index in [1.807, 2.05) is 12.1 Å². The summed E-state index contributed by atoms with van der Waals surface area (Å²) in [4.78, 5) is 13.3. The second kappa shape index (κ2) is 10.9. The number of piperazine rings is 1. The van der Waals surface area contributed by atoms with Crippen LogP contribution in [0.15, 0.2) is 79.0 Å². The summed E-state index contributed by atoms with van der Waals surface area (Å²) >= 11 is 0. The van der Waals surface area contributed by atoms with Gasteiger partial charge in [0.05, 0.1) is 6.20 Å². The Morgan fingerprint density at radius 2 is 1.53 bits per heavy atom. The summed E-state index contributed by atoms with van der Waals surface area (Å²) in [6.45, 7) is 6.00. The Labute approximate surface area is 221 Å². The number of nitrogens with one attached hydrogen (secondary N) is 2. The summed E-state index contributed by atoms with van der Waals surface area (Å²) in [5.74, 6) is 1.11. The van der Waals surface area contributed by atoms with Gasteiger partial charge in [0.1, 0.15) is 13.2 Å². The van der Waals surface area contributed by atoms with Crippen LogP contribution in [-0.4, -0.2) is 54.3 Å². The van der Waals surface area contributed by atoms with E-state index >= 15 is 0 Å². The van der Waals surface area contributed by atoms with Crippen LogP contribution < -0.4 is 25.0 Å². The molecule has 2 aliphatic heterocycles. The summed E-state index contributed by atoms with van der Waals surface area (Å²) < 4.78 is 25.6. The van der Waals surface area contributed by atoms with Gasteiger partial charge in [-0.05, 0) is 42.0 Å². The van der Waals surface area contributed by atoms with Gasteiger partial charge in [0, 0.05) is 55.9 Å². The zero-order valence-corrected chi connectivity index (χ0v) is 20.9. The van der Waals surface area contributed by atoms with Crippen LogP contribution >= 0.6 is 0 Å². The van der Waals surface area contributed by atoms with Crippen LogP contribution in [0.1, 0.15) is 5.56 Å². The SMILES string of the molecule is Fc1cnc(Nc2ccc(N3CCN(Cc4ccccc4)CC3)cc2)nc1Nc1ccc2c(c1)OCCO2. The molecular formula is C29H29FN6O2. The van der Waals surface area contributed by atoms with Crippen molar-refractivity contribution < 1.29 is 13.9 Å². The third kappa shape index (κ3) is 5.63. The Bertz CT molecular complexity index is 1380. The Kier molecular flexibility index (Phi) is 6.91. The fourth-order valence-corrected chi connectivity index (χ4v) is 4.66. The summed E-state index contributed by atoms with van der Waals surface area (Å²) in [5, 5.41) is 6.18. The third-order valence-corrected chi connectivity index (χ3v) is 6.66. The quantitative estimate of drug-likeness (QED) is 0.350. The molecule has 3 heterocycles. The van der Waals surface area contributed by atoms with Gasteiger partial charge in [-0.25, -0.2) is 9.37 Å². The number of hydrogen-bond acceptors (Lipinski definition) is 8. The van der Waals surface area contributed by atoms with Crippen LogP contribution in [0.5, 0.6) is 11.5 Å². The Balaban J connectivity index is 1.06. The third-order valence-electron chi connectivity index (χ3n) is 6.66. The van der Waals surface area contributed by atoms with E-state index in [1.165, 1.54) is 11.3 Å². The van der Waals surface area contributed by atoms with Gasteiger partial charge in [-0.15, -0.1) is 0 Å². The molecule has 1 saturated heterocycles. The van der Waals surface area contributed by atoms with Gasteiger partial charge in [-0.2, -0.15) is 4.98 Å². The van der Waals surface area contributed by atoms with E-state index in [4.69, 9.17) is 9.47 Å². The molecule has 0 saturated carbocycles. The first-order valence-electron chi connectivity index (χ1n) is 12.8. The highest BCUT2D eigenvalue weighted by molar-refractivity contribution is 5.64. The number of hydrogen-bond donors (Lipinski definition) is 2. The topological polar surface area (TPSA) is 74.8 Å². The minimum Gasteiger partial charge on any atom is -0.486 e. The molecular weight excluding hydrogens is 483 g/mol. The summed E-state index contributed by atoms with van der Waals surface area (Å²) in [5.41, 5.74) is 4.00. The van der Waals surface area contributed by atoms with Gasteiger partial charge in [-0.3, -0.25) is 4.90 Å². The molecule has 9 heteroatoms. The smallest absolute Gasteiger partial charge is 0.229 e. The number of fused-ring (bicyclic) bond motifs is 1. The molecule has 0 atom stereocenters. The summed E-state index contributed by atoms with van der Waals surface area (Å²) in [6, 6.07) is 24.1. The molecule has 0 amide bonds.